The van der Waals surface area contributed by atoms with Crippen molar-refractivity contribution in [2.45, 2.75) is 32.9 Å². The SMILES string of the molecule is COCC(C(C)C)N1C(=O)CNC(=O)C1C. The van der Waals surface area contributed by atoms with E-state index in [1.165, 1.54) is 0 Å². The molecule has 5 heteroatoms. The van der Waals surface area contributed by atoms with E-state index in [2.05, 4.69) is 5.32 Å². The van der Waals surface area contributed by atoms with Gasteiger partial charge in [-0.25, -0.2) is 0 Å². The van der Waals surface area contributed by atoms with Gasteiger partial charge in [0, 0.05) is 7.11 Å². The van der Waals surface area contributed by atoms with E-state index in [1.54, 1.807) is 18.9 Å². The number of carbonyl (C=O) groups is 2. The summed E-state index contributed by atoms with van der Waals surface area (Å²) >= 11 is 0. The maximum Gasteiger partial charge on any atom is 0.242 e. The third kappa shape index (κ3) is 2.52. The predicted octanol–water partition coefficient (Wildman–Crippen LogP) is 0.00430. The largest absolute Gasteiger partial charge is 0.383 e. The molecule has 92 valence electrons. The summed E-state index contributed by atoms with van der Waals surface area (Å²) < 4.78 is 5.12. The fraction of sp³-hybridized carbons (Fsp3) is 0.818. The van der Waals surface area contributed by atoms with Crippen LogP contribution in [0.5, 0.6) is 0 Å². The normalized spacial score (nSPS) is 23.6. The Kier molecular flexibility index (Phi) is 4.29. The minimum atomic E-state index is -0.413. The van der Waals surface area contributed by atoms with Gasteiger partial charge in [0.2, 0.25) is 11.8 Å². The van der Waals surface area contributed by atoms with E-state index in [1.807, 2.05) is 13.8 Å². The van der Waals surface area contributed by atoms with E-state index in [4.69, 9.17) is 4.74 Å². The average molecular weight is 228 g/mol. The molecule has 1 rings (SSSR count). The van der Waals surface area contributed by atoms with E-state index in [0.717, 1.165) is 0 Å². The highest BCUT2D eigenvalue weighted by atomic mass is 16.5. The summed E-state index contributed by atoms with van der Waals surface area (Å²) in [7, 11) is 1.61. The number of hydrogen-bond acceptors (Lipinski definition) is 3. The molecule has 1 aliphatic heterocycles. The summed E-state index contributed by atoms with van der Waals surface area (Å²) in [5.41, 5.74) is 0. The van der Waals surface area contributed by atoms with Crippen LogP contribution in [0.2, 0.25) is 0 Å². The Balaban J connectivity index is 2.87. The average Bonchev–Trinajstić information content (AvgIpc) is 2.22. The Hall–Kier alpha value is -1.10. The monoisotopic (exact) mass is 228 g/mol. The van der Waals surface area contributed by atoms with Crippen molar-refractivity contribution >= 4 is 11.8 Å². The number of amides is 2. The minimum absolute atomic E-state index is 0.0390. The number of methoxy groups -OCH3 is 1. The fourth-order valence-corrected chi connectivity index (χ4v) is 1.98. The van der Waals surface area contributed by atoms with Gasteiger partial charge in [0.05, 0.1) is 19.2 Å². The number of nitrogens with one attached hydrogen (secondary N) is 1. The Morgan fingerprint density at radius 1 is 1.50 bits per heavy atom. The Morgan fingerprint density at radius 3 is 2.62 bits per heavy atom. The van der Waals surface area contributed by atoms with Crippen molar-refractivity contribution in [3.8, 4) is 0 Å². The summed E-state index contributed by atoms with van der Waals surface area (Å²) in [5.74, 6) is 0.126. The molecule has 1 saturated heterocycles. The molecule has 5 nitrogen and oxygen atoms in total. The number of carbonyl (C=O) groups excluding carboxylic acids is 2. The van der Waals surface area contributed by atoms with E-state index >= 15 is 0 Å². The molecule has 16 heavy (non-hydrogen) atoms. The van der Waals surface area contributed by atoms with Crippen LogP contribution in [0.1, 0.15) is 20.8 Å². The molecule has 0 aromatic heterocycles. The van der Waals surface area contributed by atoms with Crippen LogP contribution in [0.3, 0.4) is 0 Å². The number of hydrogen-bond donors (Lipinski definition) is 1. The van der Waals surface area contributed by atoms with Crippen LogP contribution in [0, 0.1) is 5.92 Å². The van der Waals surface area contributed by atoms with Gasteiger partial charge in [0.1, 0.15) is 6.04 Å². The Morgan fingerprint density at radius 2 is 2.12 bits per heavy atom. The van der Waals surface area contributed by atoms with Gasteiger partial charge < -0.3 is 15.0 Å². The zero-order valence-electron chi connectivity index (χ0n) is 10.3. The minimum Gasteiger partial charge on any atom is -0.383 e. The predicted molar refractivity (Wildman–Crippen MR) is 59.8 cm³/mol. The molecular weight excluding hydrogens is 208 g/mol. The first-order valence-electron chi connectivity index (χ1n) is 5.56. The standard InChI is InChI=1S/C11H20N2O3/c1-7(2)9(6-16-4)13-8(3)11(15)12-5-10(13)14/h7-9H,5-6H2,1-4H3,(H,12,15). The van der Waals surface area contributed by atoms with Gasteiger partial charge >= 0.3 is 0 Å². The highest BCUT2D eigenvalue weighted by Gasteiger charge is 2.37. The van der Waals surface area contributed by atoms with Crippen molar-refractivity contribution in [3.63, 3.8) is 0 Å². The second-order valence-electron chi connectivity index (χ2n) is 4.46. The molecule has 0 radical (unpaired) electrons. The van der Waals surface area contributed by atoms with Crippen molar-refractivity contribution in [2.24, 2.45) is 5.92 Å². The summed E-state index contributed by atoms with van der Waals surface area (Å²) in [5, 5.41) is 2.58. The first kappa shape index (κ1) is 13.0. The van der Waals surface area contributed by atoms with Gasteiger partial charge in [-0.1, -0.05) is 13.8 Å². The quantitative estimate of drug-likeness (QED) is 0.737. The summed E-state index contributed by atoms with van der Waals surface area (Å²) in [4.78, 5) is 25.0. The van der Waals surface area contributed by atoms with Gasteiger partial charge in [0.15, 0.2) is 0 Å². The van der Waals surface area contributed by atoms with Crippen LogP contribution in [0.25, 0.3) is 0 Å². The molecule has 0 bridgehead atoms. The fourth-order valence-electron chi connectivity index (χ4n) is 1.98. The number of nitrogens with zero attached hydrogens (tertiary/aromatic N) is 1. The molecule has 0 saturated carbocycles. The second-order valence-corrected chi connectivity index (χ2v) is 4.46. The highest BCUT2D eigenvalue weighted by Crippen LogP contribution is 2.17. The van der Waals surface area contributed by atoms with E-state index in [-0.39, 0.29) is 30.3 Å². The van der Waals surface area contributed by atoms with Crippen molar-refractivity contribution in [2.75, 3.05) is 20.3 Å². The molecular formula is C11H20N2O3. The van der Waals surface area contributed by atoms with Crippen LogP contribution >= 0.6 is 0 Å². The third-order valence-corrected chi connectivity index (χ3v) is 2.96. The first-order valence-corrected chi connectivity index (χ1v) is 5.56. The van der Waals surface area contributed by atoms with Crippen LogP contribution in [0.4, 0.5) is 0 Å². The van der Waals surface area contributed by atoms with Gasteiger partial charge in [-0.3, -0.25) is 9.59 Å². The molecule has 0 aromatic rings. The van der Waals surface area contributed by atoms with Crippen LogP contribution in [-0.4, -0.2) is 49.1 Å². The lowest BCUT2D eigenvalue weighted by Crippen LogP contribution is -2.62. The van der Waals surface area contributed by atoms with Gasteiger partial charge in [-0.15, -0.1) is 0 Å². The molecule has 0 spiro atoms. The third-order valence-electron chi connectivity index (χ3n) is 2.96. The Bertz CT molecular complexity index is 278. The molecule has 1 N–H and O–H groups in total. The summed E-state index contributed by atoms with van der Waals surface area (Å²) in [6.45, 7) is 6.35. The number of rotatable bonds is 4. The Labute approximate surface area is 96.1 Å². The lowest BCUT2D eigenvalue weighted by molar-refractivity contribution is -0.150. The molecule has 2 atom stereocenters. The second kappa shape index (κ2) is 5.30. The molecule has 1 aliphatic rings. The molecule has 2 amide bonds. The van der Waals surface area contributed by atoms with Gasteiger partial charge in [0.25, 0.3) is 0 Å². The van der Waals surface area contributed by atoms with Crippen molar-refractivity contribution in [1.29, 1.82) is 0 Å². The maximum absolute atomic E-state index is 11.8. The molecule has 0 aliphatic carbocycles. The van der Waals surface area contributed by atoms with E-state index in [0.29, 0.717) is 6.61 Å². The van der Waals surface area contributed by atoms with Gasteiger partial charge in [-0.2, -0.15) is 0 Å². The zero-order chi connectivity index (χ0) is 12.3. The topological polar surface area (TPSA) is 58.6 Å². The molecule has 2 unspecified atom stereocenters. The summed E-state index contributed by atoms with van der Waals surface area (Å²) in [6, 6.07) is -0.456. The smallest absolute Gasteiger partial charge is 0.242 e. The lowest BCUT2D eigenvalue weighted by atomic mass is 10.00. The van der Waals surface area contributed by atoms with Crippen LogP contribution < -0.4 is 5.32 Å². The van der Waals surface area contributed by atoms with Gasteiger partial charge in [-0.05, 0) is 12.8 Å². The molecule has 1 heterocycles. The van der Waals surface area contributed by atoms with Crippen molar-refractivity contribution in [3.05, 3.63) is 0 Å². The number of ether oxygens (including phenoxy) is 1. The molecule has 1 fully saturated rings. The van der Waals surface area contributed by atoms with Crippen LogP contribution in [0.15, 0.2) is 0 Å². The van der Waals surface area contributed by atoms with E-state index in [9.17, 15) is 9.59 Å². The van der Waals surface area contributed by atoms with E-state index < -0.39 is 6.04 Å². The zero-order valence-corrected chi connectivity index (χ0v) is 10.3. The highest BCUT2D eigenvalue weighted by molar-refractivity contribution is 5.94. The first-order chi connectivity index (χ1) is 7.49. The lowest BCUT2D eigenvalue weighted by Gasteiger charge is -2.40. The number of piperazine rings is 1. The van der Waals surface area contributed by atoms with Crippen LogP contribution in [-0.2, 0) is 14.3 Å². The molecule has 0 aromatic carbocycles. The van der Waals surface area contributed by atoms with Crippen molar-refractivity contribution in [1.82, 2.24) is 10.2 Å². The van der Waals surface area contributed by atoms with Crippen molar-refractivity contribution < 1.29 is 14.3 Å². The maximum atomic E-state index is 11.8. The summed E-state index contributed by atoms with van der Waals surface area (Å²) in [6.07, 6.45) is 0.